The number of morpholine rings is 1. The predicted octanol–water partition coefficient (Wildman–Crippen LogP) is 1.71. The molecule has 0 saturated carbocycles. The molecule has 1 aromatic rings. The standard InChI is InChI=1S/C13H17BrFN3O2/c1-2-3-16-13(19)11-8-20-5-4-18(11)12-10(15)6-9(14)7-17-12/h6-7,11H,2-5,8H2,1H3,(H,16,19). The molecule has 1 aliphatic rings. The number of rotatable bonds is 4. The highest BCUT2D eigenvalue weighted by molar-refractivity contribution is 9.10. The molecule has 5 nitrogen and oxygen atoms in total. The zero-order valence-corrected chi connectivity index (χ0v) is 12.8. The number of carbonyl (C=O) groups is 1. The van der Waals surface area contributed by atoms with E-state index in [0.29, 0.717) is 24.2 Å². The molecule has 2 rings (SSSR count). The minimum absolute atomic E-state index is 0.157. The summed E-state index contributed by atoms with van der Waals surface area (Å²) in [6.45, 7) is 3.71. The van der Waals surface area contributed by atoms with E-state index in [1.165, 1.54) is 12.3 Å². The van der Waals surface area contributed by atoms with Gasteiger partial charge in [-0.2, -0.15) is 0 Å². The summed E-state index contributed by atoms with van der Waals surface area (Å²) in [5.41, 5.74) is 0. The molecule has 1 aromatic heterocycles. The first kappa shape index (κ1) is 15.2. The van der Waals surface area contributed by atoms with Crippen LogP contribution in [0.1, 0.15) is 13.3 Å². The molecule has 110 valence electrons. The van der Waals surface area contributed by atoms with E-state index in [9.17, 15) is 9.18 Å². The van der Waals surface area contributed by atoms with Crippen molar-refractivity contribution in [2.45, 2.75) is 19.4 Å². The van der Waals surface area contributed by atoms with Crippen molar-refractivity contribution in [3.8, 4) is 0 Å². The van der Waals surface area contributed by atoms with Gasteiger partial charge in [-0.25, -0.2) is 9.37 Å². The van der Waals surface area contributed by atoms with Crippen LogP contribution in [0.25, 0.3) is 0 Å². The number of nitrogens with one attached hydrogen (secondary N) is 1. The first-order chi connectivity index (χ1) is 9.63. The van der Waals surface area contributed by atoms with Gasteiger partial charge in [0.15, 0.2) is 11.6 Å². The van der Waals surface area contributed by atoms with Gasteiger partial charge in [0, 0.05) is 23.8 Å². The SMILES string of the molecule is CCCNC(=O)C1COCCN1c1ncc(Br)cc1F. The van der Waals surface area contributed by atoms with Gasteiger partial charge in [0.2, 0.25) is 5.91 Å². The largest absolute Gasteiger partial charge is 0.377 e. The van der Waals surface area contributed by atoms with Crippen molar-refractivity contribution < 1.29 is 13.9 Å². The number of hydrogen-bond donors (Lipinski definition) is 1. The fraction of sp³-hybridized carbons (Fsp3) is 0.538. The van der Waals surface area contributed by atoms with E-state index >= 15 is 0 Å². The monoisotopic (exact) mass is 345 g/mol. The second-order valence-corrected chi connectivity index (χ2v) is 5.45. The van der Waals surface area contributed by atoms with E-state index in [1.54, 1.807) is 4.90 Å². The minimum Gasteiger partial charge on any atom is -0.377 e. The summed E-state index contributed by atoms with van der Waals surface area (Å²) in [7, 11) is 0. The zero-order chi connectivity index (χ0) is 14.5. The second kappa shape index (κ2) is 6.99. The lowest BCUT2D eigenvalue weighted by Crippen LogP contribution is -2.54. The average molecular weight is 346 g/mol. The third-order valence-electron chi connectivity index (χ3n) is 3.04. The molecule has 2 heterocycles. The molecule has 1 fully saturated rings. The Kier molecular flexibility index (Phi) is 5.31. The molecule has 7 heteroatoms. The molecule has 1 atom stereocenters. The Balaban J connectivity index is 2.19. The molecular formula is C13H17BrFN3O2. The molecule has 1 aliphatic heterocycles. The lowest BCUT2D eigenvalue weighted by Gasteiger charge is -2.35. The normalized spacial score (nSPS) is 18.9. The third kappa shape index (κ3) is 3.46. The average Bonchev–Trinajstić information content (AvgIpc) is 2.45. The van der Waals surface area contributed by atoms with Crippen LogP contribution in [0.15, 0.2) is 16.7 Å². The van der Waals surface area contributed by atoms with Gasteiger partial charge in [0.25, 0.3) is 0 Å². The predicted molar refractivity (Wildman–Crippen MR) is 77.1 cm³/mol. The van der Waals surface area contributed by atoms with Crippen molar-refractivity contribution in [3.63, 3.8) is 0 Å². The first-order valence-corrected chi connectivity index (χ1v) is 7.36. The first-order valence-electron chi connectivity index (χ1n) is 6.56. The smallest absolute Gasteiger partial charge is 0.245 e. The van der Waals surface area contributed by atoms with Gasteiger partial charge in [0.1, 0.15) is 6.04 Å². The Hall–Kier alpha value is -1.21. The number of anilines is 1. The molecule has 0 bridgehead atoms. The van der Waals surface area contributed by atoms with Crippen LogP contribution in [0.5, 0.6) is 0 Å². The Morgan fingerprint density at radius 1 is 1.70 bits per heavy atom. The maximum absolute atomic E-state index is 14.0. The molecule has 0 radical (unpaired) electrons. The van der Waals surface area contributed by atoms with Crippen LogP contribution in [0, 0.1) is 5.82 Å². The maximum Gasteiger partial charge on any atom is 0.245 e. The van der Waals surface area contributed by atoms with Crippen LogP contribution in [0.3, 0.4) is 0 Å². The van der Waals surface area contributed by atoms with Crippen molar-refractivity contribution in [1.29, 1.82) is 0 Å². The summed E-state index contributed by atoms with van der Waals surface area (Å²) in [4.78, 5) is 17.9. The van der Waals surface area contributed by atoms with Crippen LogP contribution < -0.4 is 10.2 Å². The highest BCUT2D eigenvalue weighted by Gasteiger charge is 2.31. The Bertz CT molecular complexity index is 487. The molecule has 1 saturated heterocycles. The Morgan fingerprint density at radius 2 is 2.50 bits per heavy atom. The van der Waals surface area contributed by atoms with Crippen molar-refractivity contribution >= 4 is 27.7 Å². The number of amides is 1. The summed E-state index contributed by atoms with van der Waals surface area (Å²) >= 11 is 3.17. The number of aromatic nitrogens is 1. The van der Waals surface area contributed by atoms with Crippen LogP contribution in [-0.2, 0) is 9.53 Å². The molecular weight excluding hydrogens is 329 g/mol. The summed E-state index contributed by atoms with van der Waals surface area (Å²) in [5.74, 6) is -0.418. The van der Waals surface area contributed by atoms with Gasteiger partial charge >= 0.3 is 0 Å². The van der Waals surface area contributed by atoms with E-state index in [4.69, 9.17) is 4.74 Å². The summed E-state index contributed by atoms with van der Waals surface area (Å²) in [6, 6.07) is 0.803. The molecule has 0 aliphatic carbocycles. The molecule has 20 heavy (non-hydrogen) atoms. The quantitative estimate of drug-likeness (QED) is 0.902. The van der Waals surface area contributed by atoms with E-state index < -0.39 is 11.9 Å². The van der Waals surface area contributed by atoms with E-state index in [1.807, 2.05) is 6.92 Å². The maximum atomic E-state index is 14.0. The van der Waals surface area contributed by atoms with Gasteiger partial charge in [-0.15, -0.1) is 0 Å². The summed E-state index contributed by atoms with van der Waals surface area (Å²) in [5, 5.41) is 2.81. The minimum atomic E-state index is -0.543. The third-order valence-corrected chi connectivity index (χ3v) is 3.47. The Labute approximate surface area is 125 Å². The number of nitrogens with zero attached hydrogens (tertiary/aromatic N) is 2. The van der Waals surface area contributed by atoms with E-state index in [-0.39, 0.29) is 18.3 Å². The van der Waals surface area contributed by atoms with Gasteiger partial charge in [0.05, 0.1) is 13.2 Å². The zero-order valence-electron chi connectivity index (χ0n) is 11.2. The van der Waals surface area contributed by atoms with Crippen molar-refractivity contribution in [3.05, 3.63) is 22.6 Å². The van der Waals surface area contributed by atoms with Gasteiger partial charge in [-0.1, -0.05) is 6.92 Å². The van der Waals surface area contributed by atoms with Gasteiger partial charge in [-0.3, -0.25) is 4.79 Å². The molecule has 1 unspecified atom stereocenters. The summed E-state index contributed by atoms with van der Waals surface area (Å²) in [6.07, 6.45) is 2.37. The topological polar surface area (TPSA) is 54.5 Å². The molecule has 0 aromatic carbocycles. The van der Waals surface area contributed by atoms with Crippen molar-refractivity contribution in [1.82, 2.24) is 10.3 Å². The van der Waals surface area contributed by atoms with Crippen molar-refractivity contribution in [2.24, 2.45) is 0 Å². The van der Waals surface area contributed by atoms with Crippen LogP contribution in [0.2, 0.25) is 0 Å². The van der Waals surface area contributed by atoms with Crippen LogP contribution in [-0.4, -0.2) is 43.2 Å². The van der Waals surface area contributed by atoms with E-state index in [0.717, 1.165) is 6.42 Å². The second-order valence-electron chi connectivity index (χ2n) is 4.53. The number of pyridine rings is 1. The number of hydrogen-bond acceptors (Lipinski definition) is 4. The highest BCUT2D eigenvalue weighted by atomic mass is 79.9. The Morgan fingerprint density at radius 3 is 3.20 bits per heavy atom. The van der Waals surface area contributed by atoms with Crippen molar-refractivity contribution in [2.75, 3.05) is 31.2 Å². The van der Waals surface area contributed by atoms with Gasteiger partial charge < -0.3 is 15.0 Å². The highest BCUT2D eigenvalue weighted by Crippen LogP contribution is 2.23. The number of carbonyl (C=O) groups excluding carboxylic acids is 1. The number of ether oxygens (including phenoxy) is 1. The van der Waals surface area contributed by atoms with Crippen LogP contribution >= 0.6 is 15.9 Å². The summed E-state index contributed by atoms with van der Waals surface area (Å²) < 4.78 is 19.9. The molecule has 0 spiro atoms. The lowest BCUT2D eigenvalue weighted by molar-refractivity contribution is -0.124. The van der Waals surface area contributed by atoms with E-state index in [2.05, 4.69) is 26.2 Å². The van der Waals surface area contributed by atoms with Crippen LogP contribution in [0.4, 0.5) is 10.2 Å². The molecule has 1 N–H and O–H groups in total. The van der Waals surface area contributed by atoms with Gasteiger partial charge in [-0.05, 0) is 28.4 Å². The molecule has 1 amide bonds. The fourth-order valence-corrected chi connectivity index (χ4v) is 2.36. The number of halogens is 2. The lowest BCUT2D eigenvalue weighted by atomic mass is 10.2. The fourth-order valence-electron chi connectivity index (χ4n) is 2.06.